The number of thioether (sulfide) groups is 1. The van der Waals surface area contributed by atoms with Crippen LogP contribution >= 0.6 is 11.8 Å². The van der Waals surface area contributed by atoms with Gasteiger partial charge >= 0.3 is 0 Å². The summed E-state index contributed by atoms with van der Waals surface area (Å²) in [5.74, 6) is 1.40. The molecule has 2 aromatic heterocycles. The van der Waals surface area contributed by atoms with Gasteiger partial charge in [-0.25, -0.2) is 0 Å². The lowest BCUT2D eigenvalue weighted by atomic mass is 9.95. The van der Waals surface area contributed by atoms with Gasteiger partial charge in [0.15, 0.2) is 10.9 Å². The number of hydrogen-bond acceptors (Lipinski definition) is 5. The second kappa shape index (κ2) is 9.31. The molecule has 1 aliphatic carbocycles. The number of furan rings is 1. The first-order valence-corrected chi connectivity index (χ1v) is 11.1. The summed E-state index contributed by atoms with van der Waals surface area (Å²) in [5.41, 5.74) is 1.14. The fourth-order valence-corrected chi connectivity index (χ4v) is 4.51. The summed E-state index contributed by atoms with van der Waals surface area (Å²) in [6.45, 7) is 2.54. The number of carbonyl (C=O) groups excluding carboxylic acids is 1. The Balaban J connectivity index is 1.52. The van der Waals surface area contributed by atoms with Crippen LogP contribution in [-0.2, 0) is 11.3 Å². The van der Waals surface area contributed by atoms with E-state index in [2.05, 4.69) is 27.6 Å². The maximum Gasteiger partial charge on any atom is 0.233 e. The molecule has 6 nitrogen and oxygen atoms in total. The van der Waals surface area contributed by atoms with Crippen LogP contribution in [0.3, 0.4) is 0 Å². The summed E-state index contributed by atoms with van der Waals surface area (Å²) >= 11 is 1.44. The fourth-order valence-electron chi connectivity index (χ4n) is 3.65. The molecule has 152 valence electrons. The van der Waals surface area contributed by atoms with Crippen molar-refractivity contribution in [2.45, 2.75) is 62.0 Å². The topological polar surface area (TPSA) is 73.0 Å². The van der Waals surface area contributed by atoms with Gasteiger partial charge in [0.1, 0.15) is 0 Å². The summed E-state index contributed by atoms with van der Waals surface area (Å²) < 4.78 is 7.57. The number of nitrogens with zero attached hydrogens (tertiary/aromatic N) is 3. The van der Waals surface area contributed by atoms with E-state index in [1.807, 2.05) is 41.8 Å². The van der Waals surface area contributed by atoms with Crippen molar-refractivity contribution in [2.75, 3.05) is 0 Å². The van der Waals surface area contributed by atoms with E-state index in [1.54, 1.807) is 6.26 Å². The van der Waals surface area contributed by atoms with Gasteiger partial charge in [-0.1, -0.05) is 61.4 Å². The van der Waals surface area contributed by atoms with Gasteiger partial charge in [0.25, 0.3) is 0 Å². The zero-order valence-corrected chi connectivity index (χ0v) is 17.4. The Bertz CT molecular complexity index is 918. The molecule has 1 atom stereocenters. The molecule has 1 aliphatic rings. The van der Waals surface area contributed by atoms with Gasteiger partial charge in [-0.3, -0.25) is 9.36 Å². The quantitative estimate of drug-likeness (QED) is 0.580. The van der Waals surface area contributed by atoms with Crippen molar-refractivity contribution in [1.82, 2.24) is 20.1 Å². The third-order valence-electron chi connectivity index (χ3n) is 5.24. The van der Waals surface area contributed by atoms with Gasteiger partial charge < -0.3 is 9.73 Å². The number of benzene rings is 1. The Morgan fingerprint density at radius 1 is 1.17 bits per heavy atom. The van der Waals surface area contributed by atoms with Crippen LogP contribution in [0.2, 0.25) is 0 Å². The predicted octanol–water partition coefficient (Wildman–Crippen LogP) is 4.52. The number of rotatable bonds is 7. The maximum atomic E-state index is 12.7. The lowest BCUT2D eigenvalue weighted by Crippen LogP contribution is -2.40. The second-order valence-corrected chi connectivity index (χ2v) is 8.77. The standard InChI is InChI=1S/C22H26N4O2S/c1-16(21(27)23-18-11-6-3-7-12-18)29-22-25-24-20(19-13-8-14-28-19)26(22)15-17-9-4-2-5-10-17/h2,4-5,8-10,13-14,16,18H,3,6-7,11-12,15H2,1H3,(H,23,27). The van der Waals surface area contributed by atoms with Gasteiger partial charge in [-0.2, -0.15) is 0 Å². The second-order valence-electron chi connectivity index (χ2n) is 7.46. The molecular weight excluding hydrogens is 384 g/mol. The Hall–Kier alpha value is -2.54. The van der Waals surface area contributed by atoms with Crippen molar-refractivity contribution < 1.29 is 9.21 Å². The van der Waals surface area contributed by atoms with Crippen molar-refractivity contribution in [2.24, 2.45) is 0 Å². The molecule has 0 aliphatic heterocycles. The Morgan fingerprint density at radius 3 is 2.69 bits per heavy atom. The highest BCUT2D eigenvalue weighted by atomic mass is 32.2. The molecule has 1 aromatic carbocycles. The molecule has 0 spiro atoms. The number of hydrogen-bond donors (Lipinski definition) is 1. The first kappa shape index (κ1) is 19.8. The van der Waals surface area contributed by atoms with Gasteiger partial charge in [0.2, 0.25) is 11.7 Å². The van der Waals surface area contributed by atoms with Crippen molar-refractivity contribution in [3.63, 3.8) is 0 Å². The van der Waals surface area contributed by atoms with Crippen LogP contribution in [0, 0.1) is 0 Å². The average molecular weight is 411 g/mol. The van der Waals surface area contributed by atoms with E-state index in [1.165, 1.54) is 31.0 Å². The Labute approximate surface area is 175 Å². The van der Waals surface area contributed by atoms with E-state index in [-0.39, 0.29) is 11.2 Å². The van der Waals surface area contributed by atoms with Crippen LogP contribution in [0.1, 0.15) is 44.6 Å². The van der Waals surface area contributed by atoms with Gasteiger partial charge in [-0.15, -0.1) is 10.2 Å². The normalized spacial score (nSPS) is 15.9. The predicted molar refractivity (Wildman–Crippen MR) is 114 cm³/mol. The molecule has 0 bridgehead atoms. The average Bonchev–Trinajstić information content (AvgIpc) is 3.40. The molecule has 29 heavy (non-hydrogen) atoms. The summed E-state index contributed by atoms with van der Waals surface area (Å²) in [6, 6.07) is 14.2. The molecule has 7 heteroatoms. The molecule has 0 radical (unpaired) electrons. The van der Waals surface area contributed by atoms with Crippen LogP contribution in [-0.4, -0.2) is 32.0 Å². The molecule has 2 heterocycles. The van der Waals surface area contributed by atoms with E-state index in [0.717, 1.165) is 18.4 Å². The number of aromatic nitrogens is 3. The van der Waals surface area contributed by atoms with E-state index in [4.69, 9.17) is 4.42 Å². The zero-order valence-electron chi connectivity index (χ0n) is 16.6. The van der Waals surface area contributed by atoms with E-state index in [9.17, 15) is 4.79 Å². The molecule has 1 unspecified atom stereocenters. The Kier molecular flexibility index (Phi) is 6.34. The van der Waals surface area contributed by atoms with Crippen molar-refractivity contribution in [3.05, 3.63) is 54.3 Å². The van der Waals surface area contributed by atoms with Gasteiger partial charge in [0.05, 0.1) is 18.1 Å². The van der Waals surface area contributed by atoms with Crippen molar-refractivity contribution in [3.8, 4) is 11.6 Å². The lowest BCUT2D eigenvalue weighted by Gasteiger charge is -2.24. The maximum absolute atomic E-state index is 12.7. The monoisotopic (exact) mass is 410 g/mol. The number of carbonyl (C=O) groups is 1. The smallest absolute Gasteiger partial charge is 0.233 e. The SMILES string of the molecule is CC(Sc1nnc(-c2ccco2)n1Cc1ccccc1)C(=O)NC1CCCCC1. The van der Waals surface area contributed by atoms with E-state index >= 15 is 0 Å². The molecular formula is C22H26N4O2S. The van der Waals surface area contributed by atoms with Crippen LogP contribution in [0.15, 0.2) is 58.3 Å². The minimum Gasteiger partial charge on any atom is -0.461 e. The summed E-state index contributed by atoms with van der Waals surface area (Å²) in [7, 11) is 0. The molecule has 1 N–H and O–H groups in total. The molecule has 1 fully saturated rings. The first-order chi connectivity index (χ1) is 14.2. The van der Waals surface area contributed by atoms with E-state index in [0.29, 0.717) is 29.3 Å². The van der Waals surface area contributed by atoms with Crippen molar-refractivity contribution in [1.29, 1.82) is 0 Å². The third kappa shape index (κ3) is 4.90. The van der Waals surface area contributed by atoms with Crippen LogP contribution in [0.4, 0.5) is 0 Å². The number of nitrogens with one attached hydrogen (secondary N) is 1. The molecule has 1 saturated carbocycles. The summed E-state index contributed by atoms with van der Waals surface area (Å²) in [6.07, 6.45) is 7.46. The van der Waals surface area contributed by atoms with Gasteiger partial charge in [-0.05, 0) is 37.5 Å². The highest BCUT2D eigenvalue weighted by Crippen LogP contribution is 2.28. The van der Waals surface area contributed by atoms with Crippen molar-refractivity contribution >= 4 is 17.7 Å². The number of amides is 1. The highest BCUT2D eigenvalue weighted by molar-refractivity contribution is 8.00. The third-order valence-corrected chi connectivity index (χ3v) is 6.33. The van der Waals surface area contributed by atoms with E-state index < -0.39 is 0 Å². The largest absolute Gasteiger partial charge is 0.461 e. The molecule has 4 rings (SSSR count). The van der Waals surface area contributed by atoms with Crippen LogP contribution in [0.5, 0.6) is 0 Å². The molecule has 3 aromatic rings. The Morgan fingerprint density at radius 2 is 1.97 bits per heavy atom. The zero-order chi connectivity index (χ0) is 20.1. The minimum atomic E-state index is -0.250. The van der Waals surface area contributed by atoms with Crippen LogP contribution < -0.4 is 5.32 Å². The summed E-state index contributed by atoms with van der Waals surface area (Å²) in [4.78, 5) is 12.7. The molecule has 1 amide bonds. The van der Waals surface area contributed by atoms with Gasteiger partial charge in [0, 0.05) is 6.04 Å². The minimum absolute atomic E-state index is 0.0655. The lowest BCUT2D eigenvalue weighted by molar-refractivity contribution is -0.121. The highest BCUT2D eigenvalue weighted by Gasteiger charge is 2.24. The molecule has 0 saturated heterocycles. The van der Waals surface area contributed by atoms with Crippen LogP contribution in [0.25, 0.3) is 11.6 Å². The first-order valence-electron chi connectivity index (χ1n) is 10.2. The fraction of sp³-hybridized carbons (Fsp3) is 0.409. The summed E-state index contributed by atoms with van der Waals surface area (Å²) in [5, 5.41) is 12.4.